The van der Waals surface area contributed by atoms with E-state index in [1.54, 1.807) is 6.92 Å². The van der Waals surface area contributed by atoms with Gasteiger partial charge >= 0.3 is 6.18 Å². The Hall–Kier alpha value is -1.78. The molecule has 2 aromatic rings. The summed E-state index contributed by atoms with van der Waals surface area (Å²) in [4.78, 5) is 6.64. The monoisotopic (exact) mass is 254 g/mol. The summed E-state index contributed by atoms with van der Waals surface area (Å²) in [5.74, 6) is 0. The van der Waals surface area contributed by atoms with Crippen LogP contribution in [0.3, 0.4) is 0 Å². The second kappa shape index (κ2) is 4.84. The number of halogens is 3. The normalized spacial score (nSPS) is 13.2. The molecule has 2 nitrogen and oxygen atoms in total. The number of alkyl halides is 3. The highest BCUT2D eigenvalue weighted by Crippen LogP contribution is 2.19. The summed E-state index contributed by atoms with van der Waals surface area (Å²) in [7, 11) is 0. The highest BCUT2D eigenvalue weighted by Gasteiger charge is 2.26. The number of aliphatic imine (C=N–C) groups is 1. The molecule has 0 saturated carbocycles. The standard InChI is InChI=1S/C13H13F3N2/c1-9(18-8-13(14,15)16)6-10-7-17-12-5-3-2-4-11(10)12/h2-5,7,17H,6,8H2,1H3. The molecule has 0 aliphatic rings. The van der Waals surface area contributed by atoms with Crippen LogP contribution in [0.2, 0.25) is 0 Å². The van der Waals surface area contributed by atoms with Crippen molar-refractivity contribution in [3.63, 3.8) is 0 Å². The minimum atomic E-state index is -4.23. The average molecular weight is 254 g/mol. The zero-order valence-corrected chi connectivity index (χ0v) is 9.88. The number of aromatic nitrogens is 1. The predicted octanol–water partition coefficient (Wildman–Crippen LogP) is 3.73. The molecule has 0 aliphatic heterocycles. The van der Waals surface area contributed by atoms with Crippen LogP contribution in [0.1, 0.15) is 12.5 Å². The SMILES string of the molecule is CC(Cc1c[nH]c2ccccc12)=NCC(F)(F)F. The fraction of sp³-hybridized carbons (Fsp3) is 0.308. The molecule has 0 spiro atoms. The van der Waals surface area contributed by atoms with E-state index in [0.717, 1.165) is 16.5 Å². The number of benzene rings is 1. The second-order valence-corrected chi connectivity index (χ2v) is 4.20. The van der Waals surface area contributed by atoms with E-state index in [4.69, 9.17) is 0 Å². The molecule has 5 heteroatoms. The number of hydrogen-bond donors (Lipinski definition) is 1. The lowest BCUT2D eigenvalue weighted by atomic mass is 10.1. The summed E-state index contributed by atoms with van der Waals surface area (Å²) in [5, 5.41) is 1.03. The molecule has 1 aromatic carbocycles. The van der Waals surface area contributed by atoms with Gasteiger partial charge in [-0.3, -0.25) is 4.99 Å². The Morgan fingerprint density at radius 2 is 2.00 bits per heavy atom. The number of aromatic amines is 1. The number of H-pyrrole nitrogens is 1. The van der Waals surface area contributed by atoms with Crippen molar-refractivity contribution >= 4 is 16.6 Å². The maximum absolute atomic E-state index is 12.0. The van der Waals surface area contributed by atoms with E-state index in [0.29, 0.717) is 12.1 Å². The van der Waals surface area contributed by atoms with Crippen molar-refractivity contribution in [3.05, 3.63) is 36.0 Å². The van der Waals surface area contributed by atoms with E-state index in [9.17, 15) is 13.2 Å². The first-order valence-electron chi connectivity index (χ1n) is 5.57. The second-order valence-electron chi connectivity index (χ2n) is 4.20. The van der Waals surface area contributed by atoms with E-state index >= 15 is 0 Å². The lowest BCUT2D eigenvalue weighted by Gasteiger charge is -2.04. The summed E-state index contributed by atoms with van der Waals surface area (Å²) >= 11 is 0. The van der Waals surface area contributed by atoms with Gasteiger partial charge in [0.1, 0.15) is 6.54 Å². The molecule has 18 heavy (non-hydrogen) atoms. The molecule has 0 saturated heterocycles. The topological polar surface area (TPSA) is 28.1 Å². The fourth-order valence-electron chi connectivity index (χ4n) is 1.83. The van der Waals surface area contributed by atoms with Gasteiger partial charge in [-0.2, -0.15) is 13.2 Å². The number of nitrogens with one attached hydrogen (secondary N) is 1. The van der Waals surface area contributed by atoms with Gasteiger partial charge in [-0.1, -0.05) is 18.2 Å². The number of rotatable bonds is 3. The lowest BCUT2D eigenvalue weighted by molar-refractivity contribution is -0.118. The number of para-hydroxylation sites is 1. The van der Waals surface area contributed by atoms with Gasteiger partial charge in [0, 0.05) is 29.2 Å². The van der Waals surface area contributed by atoms with Gasteiger partial charge in [0.25, 0.3) is 0 Å². The van der Waals surface area contributed by atoms with Crippen molar-refractivity contribution < 1.29 is 13.2 Å². The Morgan fingerprint density at radius 1 is 1.28 bits per heavy atom. The molecule has 1 aromatic heterocycles. The molecule has 0 radical (unpaired) electrons. The molecular formula is C13H13F3N2. The highest BCUT2D eigenvalue weighted by atomic mass is 19.4. The molecule has 2 rings (SSSR count). The van der Waals surface area contributed by atoms with Crippen LogP contribution in [0.4, 0.5) is 13.2 Å². The minimum Gasteiger partial charge on any atom is -0.361 e. The summed E-state index contributed by atoms with van der Waals surface area (Å²) in [6, 6.07) is 7.69. The Labute approximate surface area is 103 Å². The third-order valence-corrected chi connectivity index (χ3v) is 2.65. The molecule has 0 atom stereocenters. The summed E-state index contributed by atoms with van der Waals surface area (Å²) in [6.45, 7) is 0.509. The first kappa shape index (κ1) is 12.7. The van der Waals surface area contributed by atoms with E-state index < -0.39 is 12.7 Å². The molecule has 1 N–H and O–H groups in total. The van der Waals surface area contributed by atoms with E-state index in [1.165, 1.54) is 0 Å². The van der Waals surface area contributed by atoms with Crippen molar-refractivity contribution in [2.24, 2.45) is 4.99 Å². The summed E-state index contributed by atoms with van der Waals surface area (Å²) in [5.41, 5.74) is 2.43. The van der Waals surface area contributed by atoms with Crippen molar-refractivity contribution in [1.82, 2.24) is 4.98 Å². The van der Waals surface area contributed by atoms with Gasteiger partial charge in [0.05, 0.1) is 0 Å². The summed E-state index contributed by atoms with van der Waals surface area (Å²) in [6.07, 6.45) is -1.99. The van der Waals surface area contributed by atoms with Crippen LogP contribution in [0.15, 0.2) is 35.5 Å². The van der Waals surface area contributed by atoms with Crippen LogP contribution in [-0.2, 0) is 6.42 Å². The van der Waals surface area contributed by atoms with Crippen LogP contribution in [0.25, 0.3) is 10.9 Å². The van der Waals surface area contributed by atoms with Crippen LogP contribution >= 0.6 is 0 Å². The Kier molecular flexibility index (Phi) is 3.41. The first-order valence-corrected chi connectivity index (χ1v) is 5.57. The largest absolute Gasteiger partial charge is 0.407 e. The third kappa shape index (κ3) is 3.12. The van der Waals surface area contributed by atoms with Gasteiger partial charge < -0.3 is 4.98 Å². The molecule has 0 unspecified atom stereocenters. The molecule has 1 heterocycles. The average Bonchev–Trinajstić information content (AvgIpc) is 2.70. The quantitative estimate of drug-likeness (QED) is 0.808. The zero-order valence-electron chi connectivity index (χ0n) is 9.88. The zero-order chi connectivity index (χ0) is 13.2. The Bertz CT molecular complexity index is 567. The van der Waals surface area contributed by atoms with E-state index in [2.05, 4.69) is 9.98 Å². The van der Waals surface area contributed by atoms with E-state index in [1.807, 2.05) is 30.5 Å². The minimum absolute atomic E-state index is 0.431. The van der Waals surface area contributed by atoms with Crippen molar-refractivity contribution in [1.29, 1.82) is 0 Å². The van der Waals surface area contributed by atoms with Crippen molar-refractivity contribution in [2.45, 2.75) is 19.5 Å². The number of nitrogens with zero attached hydrogens (tertiary/aromatic N) is 1. The number of fused-ring (bicyclic) bond motifs is 1. The Balaban J connectivity index is 2.14. The third-order valence-electron chi connectivity index (χ3n) is 2.65. The molecule has 0 amide bonds. The lowest BCUT2D eigenvalue weighted by Crippen LogP contribution is -2.13. The maximum atomic E-state index is 12.0. The van der Waals surface area contributed by atoms with Crippen LogP contribution in [0, 0.1) is 0 Å². The predicted molar refractivity (Wildman–Crippen MR) is 66.0 cm³/mol. The van der Waals surface area contributed by atoms with Crippen LogP contribution in [-0.4, -0.2) is 23.4 Å². The Morgan fingerprint density at radius 3 is 2.72 bits per heavy atom. The van der Waals surface area contributed by atoms with Gasteiger partial charge in [-0.25, -0.2) is 0 Å². The van der Waals surface area contributed by atoms with E-state index in [-0.39, 0.29) is 0 Å². The van der Waals surface area contributed by atoms with Crippen molar-refractivity contribution in [3.8, 4) is 0 Å². The highest BCUT2D eigenvalue weighted by molar-refractivity contribution is 5.91. The molecule has 0 fully saturated rings. The summed E-state index contributed by atoms with van der Waals surface area (Å²) < 4.78 is 36.1. The van der Waals surface area contributed by atoms with Crippen LogP contribution in [0.5, 0.6) is 0 Å². The van der Waals surface area contributed by atoms with Crippen LogP contribution < -0.4 is 0 Å². The smallest absolute Gasteiger partial charge is 0.361 e. The molecule has 0 bridgehead atoms. The number of hydrogen-bond acceptors (Lipinski definition) is 1. The van der Waals surface area contributed by atoms with Gasteiger partial charge in [-0.15, -0.1) is 0 Å². The molecular weight excluding hydrogens is 241 g/mol. The molecule has 96 valence electrons. The molecule has 0 aliphatic carbocycles. The van der Waals surface area contributed by atoms with Crippen molar-refractivity contribution in [2.75, 3.05) is 6.54 Å². The first-order chi connectivity index (χ1) is 8.46. The van der Waals surface area contributed by atoms with Gasteiger partial charge in [-0.05, 0) is 18.6 Å². The maximum Gasteiger partial charge on any atom is 0.407 e. The van der Waals surface area contributed by atoms with Gasteiger partial charge in [0.15, 0.2) is 0 Å². The fourth-order valence-corrected chi connectivity index (χ4v) is 1.83. The van der Waals surface area contributed by atoms with Gasteiger partial charge in [0.2, 0.25) is 0 Å².